The molecule has 18 heavy (non-hydrogen) atoms. The molecule has 0 aromatic heterocycles. The van der Waals surface area contributed by atoms with Crippen molar-refractivity contribution in [3.8, 4) is 0 Å². The summed E-state index contributed by atoms with van der Waals surface area (Å²) in [6.07, 6.45) is 6.84. The van der Waals surface area contributed by atoms with Crippen molar-refractivity contribution in [1.82, 2.24) is 5.32 Å². The molecule has 1 aliphatic carbocycles. The Morgan fingerprint density at radius 3 is 2.89 bits per heavy atom. The van der Waals surface area contributed by atoms with Crippen LogP contribution in [-0.2, 0) is 6.42 Å². The first-order valence-corrected chi connectivity index (χ1v) is 8.01. The van der Waals surface area contributed by atoms with Crippen molar-refractivity contribution in [3.63, 3.8) is 0 Å². The second-order valence-electron chi connectivity index (χ2n) is 5.17. The average molecular weight is 267 g/mol. The Bertz CT molecular complexity index is 383. The van der Waals surface area contributed by atoms with Crippen LogP contribution in [0.5, 0.6) is 0 Å². The molecule has 1 aromatic carbocycles. The summed E-state index contributed by atoms with van der Waals surface area (Å²) in [7, 11) is 0. The summed E-state index contributed by atoms with van der Waals surface area (Å²) >= 11 is 1.96. The molecule has 0 amide bonds. The first-order valence-electron chi connectivity index (χ1n) is 6.73. The normalized spacial score (nSPS) is 25.3. The van der Waals surface area contributed by atoms with E-state index >= 15 is 0 Å². The molecule has 1 N–H and O–H groups in total. The summed E-state index contributed by atoms with van der Waals surface area (Å²) in [4.78, 5) is 0. The lowest BCUT2D eigenvalue weighted by molar-refractivity contribution is 0.448. The SMILES string of the molecule is CSC1CCCC1NC(C)Cc1ccccc1F. The fourth-order valence-corrected chi connectivity index (χ4v) is 3.76. The van der Waals surface area contributed by atoms with Gasteiger partial charge in [0.05, 0.1) is 0 Å². The highest BCUT2D eigenvalue weighted by Gasteiger charge is 2.27. The van der Waals surface area contributed by atoms with Crippen molar-refractivity contribution in [2.75, 3.05) is 6.26 Å². The highest BCUT2D eigenvalue weighted by atomic mass is 32.2. The fraction of sp³-hybridized carbons (Fsp3) is 0.600. The van der Waals surface area contributed by atoms with E-state index in [1.807, 2.05) is 23.9 Å². The monoisotopic (exact) mass is 267 g/mol. The molecule has 2 rings (SSSR count). The topological polar surface area (TPSA) is 12.0 Å². The van der Waals surface area contributed by atoms with Crippen LogP contribution >= 0.6 is 11.8 Å². The van der Waals surface area contributed by atoms with Crippen molar-refractivity contribution in [1.29, 1.82) is 0 Å². The molecule has 100 valence electrons. The van der Waals surface area contributed by atoms with E-state index in [2.05, 4.69) is 18.5 Å². The van der Waals surface area contributed by atoms with Gasteiger partial charge in [0, 0.05) is 17.3 Å². The molecule has 0 radical (unpaired) electrons. The number of benzene rings is 1. The number of hydrogen-bond acceptors (Lipinski definition) is 2. The third-order valence-electron chi connectivity index (χ3n) is 3.74. The van der Waals surface area contributed by atoms with E-state index < -0.39 is 0 Å². The Balaban J connectivity index is 1.89. The Kier molecular flexibility index (Phi) is 5.07. The lowest BCUT2D eigenvalue weighted by atomic mass is 10.1. The number of nitrogens with one attached hydrogen (secondary N) is 1. The van der Waals surface area contributed by atoms with Crippen molar-refractivity contribution < 1.29 is 4.39 Å². The minimum atomic E-state index is -0.0843. The van der Waals surface area contributed by atoms with Crippen molar-refractivity contribution in [2.24, 2.45) is 0 Å². The number of halogens is 1. The minimum absolute atomic E-state index is 0.0843. The Morgan fingerprint density at radius 2 is 2.17 bits per heavy atom. The third-order valence-corrected chi connectivity index (χ3v) is 4.91. The van der Waals surface area contributed by atoms with E-state index in [4.69, 9.17) is 0 Å². The average Bonchev–Trinajstić information content (AvgIpc) is 2.79. The summed E-state index contributed by atoms with van der Waals surface area (Å²) in [5, 5.41) is 4.40. The largest absolute Gasteiger partial charge is 0.310 e. The third kappa shape index (κ3) is 3.48. The van der Waals surface area contributed by atoms with Gasteiger partial charge < -0.3 is 5.32 Å². The van der Waals surface area contributed by atoms with Crippen LogP contribution < -0.4 is 5.32 Å². The van der Waals surface area contributed by atoms with Gasteiger partial charge in [0.15, 0.2) is 0 Å². The first-order chi connectivity index (χ1) is 8.70. The van der Waals surface area contributed by atoms with Crippen LogP contribution in [0.1, 0.15) is 31.7 Å². The van der Waals surface area contributed by atoms with E-state index in [0.717, 1.165) is 17.2 Å². The van der Waals surface area contributed by atoms with E-state index in [-0.39, 0.29) is 5.82 Å². The van der Waals surface area contributed by atoms with Crippen LogP contribution in [0.4, 0.5) is 4.39 Å². The Labute approximate surface area is 114 Å². The second-order valence-corrected chi connectivity index (χ2v) is 6.25. The molecule has 0 saturated heterocycles. The Hall–Kier alpha value is -0.540. The first kappa shape index (κ1) is 13.9. The summed E-state index contributed by atoms with van der Waals surface area (Å²) in [6.45, 7) is 2.15. The quantitative estimate of drug-likeness (QED) is 0.874. The molecule has 3 atom stereocenters. The summed E-state index contributed by atoms with van der Waals surface area (Å²) in [5.74, 6) is -0.0843. The number of hydrogen-bond donors (Lipinski definition) is 1. The predicted molar refractivity (Wildman–Crippen MR) is 77.6 cm³/mol. The van der Waals surface area contributed by atoms with Crippen LogP contribution in [0, 0.1) is 5.82 Å². The van der Waals surface area contributed by atoms with Crippen molar-refractivity contribution in [2.45, 2.75) is 49.9 Å². The van der Waals surface area contributed by atoms with E-state index in [9.17, 15) is 4.39 Å². The highest BCUT2D eigenvalue weighted by Crippen LogP contribution is 2.28. The van der Waals surface area contributed by atoms with Crippen molar-refractivity contribution in [3.05, 3.63) is 35.6 Å². The smallest absolute Gasteiger partial charge is 0.126 e. The Morgan fingerprint density at radius 1 is 1.39 bits per heavy atom. The van der Waals surface area contributed by atoms with Crippen molar-refractivity contribution >= 4 is 11.8 Å². The minimum Gasteiger partial charge on any atom is -0.310 e. The van der Waals surface area contributed by atoms with Crippen LogP contribution in [-0.4, -0.2) is 23.6 Å². The zero-order chi connectivity index (χ0) is 13.0. The van der Waals surface area contributed by atoms with Gasteiger partial charge in [-0.3, -0.25) is 0 Å². The van der Waals surface area contributed by atoms with E-state index in [1.165, 1.54) is 19.3 Å². The zero-order valence-corrected chi connectivity index (χ0v) is 12.0. The van der Waals surface area contributed by atoms with Gasteiger partial charge in [-0.2, -0.15) is 11.8 Å². The molecule has 0 spiro atoms. The van der Waals surface area contributed by atoms with Gasteiger partial charge in [-0.25, -0.2) is 4.39 Å². The maximum Gasteiger partial charge on any atom is 0.126 e. The van der Waals surface area contributed by atoms with E-state index in [1.54, 1.807) is 12.1 Å². The maximum absolute atomic E-state index is 13.6. The van der Waals surface area contributed by atoms with Gasteiger partial charge in [-0.05, 0) is 44.1 Å². The van der Waals surface area contributed by atoms with Crippen LogP contribution in [0.2, 0.25) is 0 Å². The molecule has 1 saturated carbocycles. The summed E-state index contributed by atoms with van der Waals surface area (Å²) in [5.41, 5.74) is 0.816. The molecule has 0 heterocycles. The molecule has 1 aliphatic rings. The van der Waals surface area contributed by atoms with Gasteiger partial charge >= 0.3 is 0 Å². The fourth-order valence-electron chi connectivity index (χ4n) is 2.82. The summed E-state index contributed by atoms with van der Waals surface area (Å²) in [6, 6.07) is 8.01. The molecule has 1 nitrogen and oxygen atoms in total. The maximum atomic E-state index is 13.6. The molecule has 3 unspecified atom stereocenters. The molecule has 1 aromatic rings. The van der Waals surface area contributed by atoms with Gasteiger partial charge in [-0.15, -0.1) is 0 Å². The number of thioether (sulfide) groups is 1. The second kappa shape index (κ2) is 6.58. The van der Waals surface area contributed by atoms with Crippen LogP contribution in [0.15, 0.2) is 24.3 Å². The molecule has 3 heteroatoms. The van der Waals surface area contributed by atoms with Gasteiger partial charge in [0.1, 0.15) is 5.82 Å². The molecule has 0 bridgehead atoms. The summed E-state index contributed by atoms with van der Waals surface area (Å²) < 4.78 is 13.6. The van der Waals surface area contributed by atoms with Gasteiger partial charge in [-0.1, -0.05) is 24.6 Å². The van der Waals surface area contributed by atoms with Crippen LogP contribution in [0.25, 0.3) is 0 Å². The van der Waals surface area contributed by atoms with Gasteiger partial charge in [0.2, 0.25) is 0 Å². The zero-order valence-electron chi connectivity index (χ0n) is 11.2. The predicted octanol–water partition coefficient (Wildman–Crippen LogP) is 3.63. The standard InChI is InChI=1S/C15H22FNS/c1-11(10-12-6-3-4-7-13(12)16)17-14-8-5-9-15(14)18-2/h3-4,6-7,11,14-15,17H,5,8-10H2,1-2H3. The molecular weight excluding hydrogens is 245 g/mol. The van der Waals surface area contributed by atoms with Gasteiger partial charge in [0.25, 0.3) is 0 Å². The lowest BCUT2D eigenvalue weighted by Crippen LogP contribution is -2.41. The van der Waals surface area contributed by atoms with Crippen LogP contribution in [0.3, 0.4) is 0 Å². The molecule has 0 aliphatic heterocycles. The lowest BCUT2D eigenvalue weighted by Gasteiger charge is -2.24. The molecular formula is C15H22FNS. The number of rotatable bonds is 5. The molecule has 1 fully saturated rings. The van der Waals surface area contributed by atoms with E-state index in [0.29, 0.717) is 12.1 Å². The highest BCUT2D eigenvalue weighted by molar-refractivity contribution is 7.99.